The third-order valence-electron chi connectivity index (χ3n) is 6.00. The third kappa shape index (κ3) is 4.15. The lowest BCUT2D eigenvalue weighted by molar-refractivity contribution is 0.111. The lowest BCUT2D eigenvalue weighted by Crippen LogP contribution is -2.52. The summed E-state index contributed by atoms with van der Waals surface area (Å²) in [5.74, 6) is 0.481. The fourth-order valence-corrected chi connectivity index (χ4v) is 4.66. The molecule has 2 amide bonds. The second kappa shape index (κ2) is 7.75. The quantitative estimate of drug-likeness (QED) is 0.864. The maximum Gasteiger partial charge on any atom is 0.315 e. The van der Waals surface area contributed by atoms with Crippen LogP contribution in [0.1, 0.15) is 37.7 Å². The second-order valence-electron chi connectivity index (χ2n) is 7.80. The van der Waals surface area contributed by atoms with Crippen molar-refractivity contribution in [3.8, 4) is 0 Å². The molecule has 1 aromatic carbocycles. The average Bonchev–Trinajstić information content (AvgIpc) is 3.21. The maximum absolute atomic E-state index is 12.2. The van der Waals surface area contributed by atoms with Gasteiger partial charge in [0.2, 0.25) is 0 Å². The van der Waals surface area contributed by atoms with Crippen molar-refractivity contribution in [3.63, 3.8) is 0 Å². The van der Waals surface area contributed by atoms with E-state index in [9.17, 15) is 4.79 Å². The Kier molecular flexibility index (Phi) is 5.22. The Labute approximate surface area is 150 Å². The highest BCUT2D eigenvalue weighted by atomic mass is 16.5. The molecule has 3 aliphatic rings. The topological polar surface area (TPSA) is 53.6 Å². The predicted octanol–water partition coefficient (Wildman–Crippen LogP) is 2.52. The Morgan fingerprint density at radius 2 is 1.88 bits per heavy atom. The summed E-state index contributed by atoms with van der Waals surface area (Å²) in [5.41, 5.74) is 1.39. The third-order valence-corrected chi connectivity index (χ3v) is 6.00. The van der Waals surface area contributed by atoms with Gasteiger partial charge in [-0.3, -0.25) is 4.90 Å². The van der Waals surface area contributed by atoms with Crippen molar-refractivity contribution in [2.24, 2.45) is 5.92 Å². The van der Waals surface area contributed by atoms with E-state index in [-0.39, 0.29) is 6.03 Å². The van der Waals surface area contributed by atoms with Gasteiger partial charge in [-0.1, -0.05) is 30.3 Å². The van der Waals surface area contributed by atoms with Crippen LogP contribution in [0, 0.1) is 5.92 Å². The number of fused-ring (bicyclic) bond motifs is 2. The molecule has 25 heavy (non-hydrogen) atoms. The Hall–Kier alpha value is -1.59. The molecule has 0 aromatic heterocycles. The average molecular weight is 343 g/mol. The molecule has 3 unspecified atom stereocenters. The number of benzene rings is 1. The molecule has 2 N–H and O–H groups in total. The lowest BCUT2D eigenvalue weighted by Gasteiger charge is -2.39. The van der Waals surface area contributed by atoms with E-state index in [1.165, 1.54) is 18.4 Å². The fourth-order valence-electron chi connectivity index (χ4n) is 4.66. The van der Waals surface area contributed by atoms with E-state index in [1.54, 1.807) is 0 Å². The molecule has 0 spiro atoms. The predicted molar refractivity (Wildman–Crippen MR) is 97.3 cm³/mol. The van der Waals surface area contributed by atoms with E-state index in [2.05, 4.69) is 45.9 Å². The Bertz CT molecular complexity index is 560. The number of carbonyl (C=O) groups excluding carboxylic acids is 1. The molecular weight excluding hydrogens is 314 g/mol. The standard InChI is InChI=1S/C20H29N3O2/c24-20(21-12-16-8-9-25-14-16)22-17-10-18-6-7-19(11-17)23(18)13-15-4-2-1-3-5-15/h1-5,16-19H,6-14H2,(H2,21,22,24). The summed E-state index contributed by atoms with van der Waals surface area (Å²) < 4.78 is 5.36. The van der Waals surface area contributed by atoms with Gasteiger partial charge < -0.3 is 15.4 Å². The van der Waals surface area contributed by atoms with Crippen molar-refractivity contribution >= 4 is 6.03 Å². The number of nitrogens with one attached hydrogen (secondary N) is 2. The minimum atomic E-state index is -0.00666. The van der Waals surface area contributed by atoms with Crippen molar-refractivity contribution in [2.75, 3.05) is 19.8 Å². The van der Waals surface area contributed by atoms with Gasteiger partial charge in [0.25, 0.3) is 0 Å². The zero-order valence-corrected chi connectivity index (χ0v) is 14.8. The van der Waals surface area contributed by atoms with E-state index in [0.29, 0.717) is 24.0 Å². The van der Waals surface area contributed by atoms with Gasteiger partial charge in [-0.15, -0.1) is 0 Å². The van der Waals surface area contributed by atoms with Crippen molar-refractivity contribution < 1.29 is 9.53 Å². The molecule has 3 heterocycles. The number of piperidine rings is 1. The van der Waals surface area contributed by atoms with Crippen LogP contribution in [-0.2, 0) is 11.3 Å². The summed E-state index contributed by atoms with van der Waals surface area (Å²) in [6.07, 6.45) is 5.72. The number of nitrogens with zero attached hydrogens (tertiary/aromatic N) is 1. The Morgan fingerprint density at radius 3 is 2.56 bits per heavy atom. The highest BCUT2D eigenvalue weighted by molar-refractivity contribution is 5.74. The van der Waals surface area contributed by atoms with Crippen molar-refractivity contribution in [3.05, 3.63) is 35.9 Å². The molecule has 3 aliphatic heterocycles. The second-order valence-corrected chi connectivity index (χ2v) is 7.80. The molecule has 136 valence electrons. The van der Waals surface area contributed by atoms with Crippen LogP contribution < -0.4 is 10.6 Å². The fraction of sp³-hybridized carbons (Fsp3) is 0.650. The Balaban J connectivity index is 1.25. The van der Waals surface area contributed by atoms with Crippen molar-refractivity contribution in [1.29, 1.82) is 0 Å². The number of hydrogen-bond donors (Lipinski definition) is 2. The van der Waals surface area contributed by atoms with Crippen molar-refractivity contribution in [2.45, 2.75) is 56.8 Å². The van der Waals surface area contributed by atoms with E-state index >= 15 is 0 Å². The number of hydrogen-bond acceptors (Lipinski definition) is 3. The van der Waals surface area contributed by atoms with Crippen LogP contribution in [0.4, 0.5) is 4.79 Å². The van der Waals surface area contributed by atoms with Crippen LogP contribution >= 0.6 is 0 Å². The van der Waals surface area contributed by atoms with Crippen molar-refractivity contribution in [1.82, 2.24) is 15.5 Å². The van der Waals surface area contributed by atoms with E-state index < -0.39 is 0 Å². The van der Waals surface area contributed by atoms with Gasteiger partial charge in [0.05, 0.1) is 6.61 Å². The summed E-state index contributed by atoms with van der Waals surface area (Å²) in [6, 6.07) is 12.2. The van der Waals surface area contributed by atoms with Crippen LogP contribution in [0.5, 0.6) is 0 Å². The summed E-state index contributed by atoms with van der Waals surface area (Å²) in [6.45, 7) is 3.38. The van der Waals surface area contributed by atoms with E-state index in [0.717, 1.165) is 45.6 Å². The summed E-state index contributed by atoms with van der Waals surface area (Å²) in [5, 5.41) is 6.24. The molecule has 5 heteroatoms. The first kappa shape index (κ1) is 16.9. The number of carbonyl (C=O) groups is 1. The highest BCUT2D eigenvalue weighted by Crippen LogP contribution is 2.36. The molecule has 0 radical (unpaired) electrons. The Morgan fingerprint density at radius 1 is 1.12 bits per heavy atom. The zero-order valence-electron chi connectivity index (χ0n) is 14.8. The number of amides is 2. The molecule has 5 nitrogen and oxygen atoms in total. The molecule has 1 aromatic rings. The minimum absolute atomic E-state index is 0.00666. The van der Waals surface area contributed by atoms with Gasteiger partial charge in [-0.25, -0.2) is 4.79 Å². The normalized spacial score (nSPS) is 31.8. The largest absolute Gasteiger partial charge is 0.381 e. The first-order chi connectivity index (χ1) is 12.3. The monoisotopic (exact) mass is 343 g/mol. The van der Waals surface area contributed by atoms with E-state index in [4.69, 9.17) is 4.74 Å². The van der Waals surface area contributed by atoms with Crippen LogP contribution in [0.25, 0.3) is 0 Å². The zero-order chi connectivity index (χ0) is 17.1. The molecule has 2 bridgehead atoms. The van der Waals surface area contributed by atoms with Crippen LogP contribution in [0.3, 0.4) is 0 Å². The van der Waals surface area contributed by atoms with Gasteiger partial charge in [0.15, 0.2) is 0 Å². The number of rotatable bonds is 5. The first-order valence-corrected chi connectivity index (χ1v) is 9.69. The summed E-state index contributed by atoms with van der Waals surface area (Å²) in [4.78, 5) is 14.9. The molecule has 4 rings (SSSR count). The van der Waals surface area contributed by atoms with Gasteiger partial charge in [0, 0.05) is 43.7 Å². The van der Waals surface area contributed by atoms with Crippen LogP contribution in [-0.4, -0.2) is 48.8 Å². The van der Waals surface area contributed by atoms with Gasteiger partial charge >= 0.3 is 6.03 Å². The summed E-state index contributed by atoms with van der Waals surface area (Å²) >= 11 is 0. The minimum Gasteiger partial charge on any atom is -0.381 e. The first-order valence-electron chi connectivity index (χ1n) is 9.69. The highest BCUT2D eigenvalue weighted by Gasteiger charge is 2.40. The lowest BCUT2D eigenvalue weighted by atomic mass is 9.96. The molecule has 0 saturated carbocycles. The SMILES string of the molecule is O=C(NCC1CCOC1)NC1CC2CCC(C1)N2Cc1ccccc1. The molecule has 3 saturated heterocycles. The number of ether oxygens (including phenoxy) is 1. The van der Waals surface area contributed by atoms with Gasteiger partial charge in [-0.2, -0.15) is 0 Å². The molecular formula is C20H29N3O2. The molecule has 3 fully saturated rings. The van der Waals surface area contributed by atoms with Gasteiger partial charge in [0.1, 0.15) is 0 Å². The number of urea groups is 1. The van der Waals surface area contributed by atoms with E-state index in [1.807, 2.05) is 0 Å². The van der Waals surface area contributed by atoms with Crippen LogP contribution in [0.2, 0.25) is 0 Å². The van der Waals surface area contributed by atoms with Crippen LogP contribution in [0.15, 0.2) is 30.3 Å². The maximum atomic E-state index is 12.2. The smallest absolute Gasteiger partial charge is 0.315 e. The van der Waals surface area contributed by atoms with Gasteiger partial charge in [-0.05, 0) is 37.7 Å². The summed E-state index contributed by atoms with van der Waals surface area (Å²) in [7, 11) is 0. The molecule has 3 atom stereocenters. The molecule has 0 aliphatic carbocycles.